The third kappa shape index (κ3) is 5.57. The summed E-state index contributed by atoms with van der Waals surface area (Å²) in [6.45, 7) is 6.05. The highest BCUT2D eigenvalue weighted by Crippen LogP contribution is 2.55. The number of fused-ring (bicyclic) bond motifs is 1. The second-order valence-corrected chi connectivity index (χ2v) is 12.6. The van der Waals surface area contributed by atoms with Crippen molar-refractivity contribution in [1.29, 1.82) is 0 Å². The normalized spacial score (nSPS) is 24.9. The van der Waals surface area contributed by atoms with Gasteiger partial charge in [-0.1, -0.05) is 62.2 Å². The lowest BCUT2D eigenvalue weighted by Gasteiger charge is -2.44. The Kier molecular flexibility index (Phi) is 8.43. The third-order valence-electron chi connectivity index (χ3n) is 7.74. The van der Waals surface area contributed by atoms with E-state index in [2.05, 4.69) is 16.0 Å². The van der Waals surface area contributed by atoms with E-state index >= 15 is 4.39 Å². The maximum absolute atomic E-state index is 15.9. The summed E-state index contributed by atoms with van der Waals surface area (Å²) in [6.07, 6.45) is 2.47. The van der Waals surface area contributed by atoms with Gasteiger partial charge in [0.1, 0.15) is 5.82 Å². The smallest absolute Gasteiger partial charge is 0.238 e. The number of nitrogens with one attached hydrogen (secondary N) is 3. The first-order chi connectivity index (χ1) is 17.9. The highest BCUT2D eigenvalue weighted by molar-refractivity contribution is 6.31. The SMILES string of the molecule is CNC(C(=O)NC1CCC(O)CC1)C(c1cccc(Cl)c1F)[C@@]1(CC(C)(C)C)C(=O)Nc2cc(Cl)ccc21. The Morgan fingerprint density at radius 1 is 1.18 bits per heavy atom. The first-order valence-corrected chi connectivity index (χ1v) is 13.8. The van der Waals surface area contributed by atoms with Crippen LogP contribution >= 0.6 is 23.2 Å². The van der Waals surface area contributed by atoms with Crippen LogP contribution in [0, 0.1) is 11.2 Å². The van der Waals surface area contributed by atoms with Gasteiger partial charge in [-0.15, -0.1) is 0 Å². The fraction of sp³-hybridized carbons (Fsp3) is 0.517. The predicted octanol–water partition coefficient (Wildman–Crippen LogP) is 5.55. The van der Waals surface area contributed by atoms with Gasteiger partial charge in [-0.3, -0.25) is 9.59 Å². The molecule has 0 spiro atoms. The molecule has 9 heteroatoms. The minimum absolute atomic E-state index is 0.0790. The van der Waals surface area contributed by atoms with Crippen LogP contribution in [0.3, 0.4) is 0 Å². The molecule has 2 aliphatic rings. The van der Waals surface area contributed by atoms with Crippen LogP contribution in [0.1, 0.15) is 69.9 Å². The average Bonchev–Trinajstić information content (AvgIpc) is 3.10. The molecule has 1 aliphatic carbocycles. The Hall–Kier alpha value is -2.19. The minimum Gasteiger partial charge on any atom is -0.393 e. The molecule has 206 valence electrons. The molecule has 1 fully saturated rings. The summed E-state index contributed by atoms with van der Waals surface area (Å²) < 4.78 is 15.9. The van der Waals surface area contributed by atoms with E-state index in [0.29, 0.717) is 48.4 Å². The molecule has 2 aromatic carbocycles. The summed E-state index contributed by atoms with van der Waals surface area (Å²) in [7, 11) is 1.64. The first-order valence-electron chi connectivity index (χ1n) is 13.1. The zero-order chi connectivity index (χ0) is 27.8. The highest BCUT2D eigenvalue weighted by Gasteiger charge is 2.58. The molecule has 3 atom stereocenters. The van der Waals surface area contributed by atoms with Gasteiger partial charge in [0.2, 0.25) is 11.8 Å². The van der Waals surface area contributed by atoms with Crippen LogP contribution in [0.2, 0.25) is 10.0 Å². The molecule has 6 nitrogen and oxygen atoms in total. The maximum atomic E-state index is 15.9. The van der Waals surface area contributed by atoms with Crippen molar-refractivity contribution in [3.8, 4) is 0 Å². The number of carbonyl (C=O) groups excluding carboxylic acids is 2. The number of benzene rings is 2. The Balaban J connectivity index is 1.91. The van der Waals surface area contributed by atoms with Crippen LogP contribution < -0.4 is 16.0 Å². The number of aliphatic hydroxyl groups is 1. The van der Waals surface area contributed by atoms with Gasteiger partial charge in [-0.2, -0.15) is 0 Å². The second-order valence-electron chi connectivity index (χ2n) is 11.8. The summed E-state index contributed by atoms with van der Waals surface area (Å²) >= 11 is 12.5. The van der Waals surface area contributed by atoms with Gasteiger partial charge in [0.15, 0.2) is 0 Å². The lowest BCUT2D eigenvalue weighted by atomic mass is 9.59. The number of carbonyl (C=O) groups is 2. The van der Waals surface area contributed by atoms with Crippen molar-refractivity contribution in [3.05, 3.63) is 63.4 Å². The summed E-state index contributed by atoms with van der Waals surface area (Å²) in [5.74, 6) is -2.25. The van der Waals surface area contributed by atoms with Crippen molar-refractivity contribution in [1.82, 2.24) is 10.6 Å². The number of anilines is 1. The average molecular weight is 565 g/mol. The third-order valence-corrected chi connectivity index (χ3v) is 8.27. The zero-order valence-electron chi connectivity index (χ0n) is 22.2. The van der Waals surface area contributed by atoms with Crippen LogP contribution in [-0.4, -0.2) is 42.2 Å². The zero-order valence-corrected chi connectivity index (χ0v) is 23.7. The summed E-state index contributed by atoms with van der Waals surface area (Å²) in [5, 5.41) is 19.5. The number of amides is 2. The molecule has 2 aromatic rings. The van der Waals surface area contributed by atoms with Gasteiger partial charge in [-0.25, -0.2) is 4.39 Å². The molecule has 1 aliphatic heterocycles. The van der Waals surface area contributed by atoms with Crippen LogP contribution in [0.5, 0.6) is 0 Å². The van der Waals surface area contributed by atoms with E-state index < -0.39 is 23.2 Å². The van der Waals surface area contributed by atoms with Gasteiger partial charge in [0, 0.05) is 22.7 Å². The fourth-order valence-electron chi connectivity index (χ4n) is 6.25. The van der Waals surface area contributed by atoms with E-state index in [4.69, 9.17) is 23.2 Å². The lowest BCUT2D eigenvalue weighted by molar-refractivity contribution is -0.128. The van der Waals surface area contributed by atoms with Crippen LogP contribution in [0.25, 0.3) is 0 Å². The van der Waals surface area contributed by atoms with Gasteiger partial charge >= 0.3 is 0 Å². The van der Waals surface area contributed by atoms with E-state index in [0.717, 1.165) is 0 Å². The molecule has 2 amide bonds. The van der Waals surface area contributed by atoms with Gasteiger partial charge in [-0.05, 0) is 73.9 Å². The minimum atomic E-state index is -1.31. The number of likely N-dealkylation sites (N-methyl/N-ethyl adjacent to an activating group) is 1. The van der Waals surface area contributed by atoms with Gasteiger partial charge in [0.05, 0.1) is 22.6 Å². The fourth-order valence-corrected chi connectivity index (χ4v) is 6.60. The largest absolute Gasteiger partial charge is 0.393 e. The Labute approximate surface area is 233 Å². The van der Waals surface area contributed by atoms with Crippen molar-refractivity contribution in [3.63, 3.8) is 0 Å². The molecule has 4 rings (SSSR count). The monoisotopic (exact) mass is 563 g/mol. The number of hydrogen-bond acceptors (Lipinski definition) is 4. The molecular formula is C29H36Cl2FN3O3. The molecule has 2 unspecified atom stereocenters. The van der Waals surface area contributed by atoms with Crippen LogP contribution in [-0.2, 0) is 15.0 Å². The second kappa shape index (κ2) is 11.1. The lowest BCUT2D eigenvalue weighted by Crippen LogP contribution is -2.57. The highest BCUT2D eigenvalue weighted by atomic mass is 35.5. The summed E-state index contributed by atoms with van der Waals surface area (Å²) in [4.78, 5) is 28.1. The van der Waals surface area contributed by atoms with E-state index in [-0.39, 0.29) is 40.0 Å². The van der Waals surface area contributed by atoms with Crippen molar-refractivity contribution >= 4 is 40.7 Å². The van der Waals surface area contributed by atoms with Gasteiger partial charge < -0.3 is 21.1 Å². The summed E-state index contributed by atoms with van der Waals surface area (Å²) in [5.41, 5.74) is -0.276. The van der Waals surface area contributed by atoms with Crippen LogP contribution in [0.15, 0.2) is 36.4 Å². The van der Waals surface area contributed by atoms with E-state index in [9.17, 15) is 14.7 Å². The molecule has 0 radical (unpaired) electrons. The Morgan fingerprint density at radius 3 is 2.50 bits per heavy atom. The van der Waals surface area contributed by atoms with Gasteiger partial charge in [0.25, 0.3) is 0 Å². The molecule has 0 bridgehead atoms. The van der Waals surface area contributed by atoms with E-state index in [1.807, 2.05) is 20.8 Å². The first kappa shape index (κ1) is 28.8. The summed E-state index contributed by atoms with van der Waals surface area (Å²) in [6, 6.07) is 8.81. The topological polar surface area (TPSA) is 90.5 Å². The van der Waals surface area contributed by atoms with Crippen molar-refractivity contribution < 1.29 is 19.1 Å². The molecule has 4 N–H and O–H groups in total. The van der Waals surface area contributed by atoms with Crippen molar-refractivity contribution in [2.45, 2.75) is 82.4 Å². The number of hydrogen-bond donors (Lipinski definition) is 4. The number of halogens is 3. The molecule has 0 saturated heterocycles. The van der Waals surface area contributed by atoms with Crippen molar-refractivity contribution in [2.75, 3.05) is 12.4 Å². The quantitative estimate of drug-likeness (QED) is 0.355. The number of rotatable bonds is 7. The van der Waals surface area contributed by atoms with Crippen LogP contribution in [0.4, 0.5) is 10.1 Å². The molecule has 38 heavy (non-hydrogen) atoms. The molecule has 1 saturated carbocycles. The molecule has 0 aromatic heterocycles. The molecule has 1 heterocycles. The maximum Gasteiger partial charge on any atom is 0.238 e. The Bertz CT molecular complexity index is 1210. The number of aliphatic hydroxyl groups excluding tert-OH is 1. The Morgan fingerprint density at radius 2 is 1.87 bits per heavy atom. The predicted molar refractivity (Wildman–Crippen MR) is 149 cm³/mol. The molecular weight excluding hydrogens is 528 g/mol. The van der Waals surface area contributed by atoms with E-state index in [1.165, 1.54) is 6.07 Å². The standard InChI is InChI=1S/C29H36Cl2FN3O3/c1-28(2,3)15-29(20-13-8-16(30)14-22(20)35-27(29)38)23(19-6-5-7-21(31)24(19)32)25(33-4)26(37)34-17-9-11-18(36)12-10-17/h5-8,13-14,17-18,23,25,33,36H,9-12,15H2,1-4H3,(H,34,37)(H,35,38)/t17?,18?,23?,25?,29-/m0/s1. The van der Waals surface area contributed by atoms with E-state index in [1.54, 1.807) is 37.4 Å². The van der Waals surface area contributed by atoms with Crippen molar-refractivity contribution in [2.24, 2.45) is 5.41 Å².